The Kier molecular flexibility index (Phi) is 5.64. The third-order valence-electron chi connectivity index (χ3n) is 4.61. The minimum atomic E-state index is -0.267. The number of hydrogen-bond donors (Lipinski definition) is 1. The van der Waals surface area contributed by atoms with Crippen LogP contribution in [0.15, 0.2) is 48.5 Å². The Balaban J connectivity index is 1.61. The lowest BCUT2D eigenvalue weighted by atomic mass is 10.2. The zero-order valence-electron chi connectivity index (χ0n) is 15.2. The number of thiazole rings is 1. The molecule has 0 aliphatic heterocycles. The quantitative estimate of drug-likeness (QED) is 0.722. The van der Waals surface area contributed by atoms with E-state index in [4.69, 9.17) is 4.98 Å². The summed E-state index contributed by atoms with van der Waals surface area (Å²) in [7, 11) is 3.79. The first-order valence-corrected chi connectivity index (χ1v) is 9.42. The number of quaternary nitrogens is 1. The van der Waals surface area contributed by atoms with Crippen molar-refractivity contribution in [2.75, 3.05) is 20.6 Å². The first-order valence-electron chi connectivity index (χ1n) is 8.60. The minimum Gasteiger partial charge on any atom is -0.337 e. The molecule has 3 rings (SSSR count). The molecule has 0 aliphatic rings. The third-order valence-corrected chi connectivity index (χ3v) is 5.83. The van der Waals surface area contributed by atoms with Gasteiger partial charge in [0.15, 0.2) is 11.6 Å². The molecule has 4 nitrogen and oxygen atoms in total. The van der Waals surface area contributed by atoms with Crippen LogP contribution in [0.2, 0.25) is 0 Å². The van der Waals surface area contributed by atoms with Crippen molar-refractivity contribution < 1.29 is 14.1 Å². The number of carbonyl (C=O) groups excluding carboxylic acids is 1. The number of rotatable bonds is 6. The van der Waals surface area contributed by atoms with Gasteiger partial charge in [-0.15, -0.1) is 11.3 Å². The molecule has 1 heterocycles. The van der Waals surface area contributed by atoms with E-state index >= 15 is 0 Å². The molecule has 136 valence electrons. The predicted octanol–water partition coefficient (Wildman–Crippen LogP) is 2.67. The van der Waals surface area contributed by atoms with E-state index in [-0.39, 0.29) is 17.8 Å². The van der Waals surface area contributed by atoms with Gasteiger partial charge in [0.25, 0.3) is 5.91 Å². The maximum Gasteiger partial charge on any atom is 0.277 e. The summed E-state index contributed by atoms with van der Waals surface area (Å²) in [5.41, 5.74) is 1.92. The Bertz CT molecular complexity index is 860. The van der Waals surface area contributed by atoms with Gasteiger partial charge in [-0.25, -0.2) is 9.37 Å². The largest absolute Gasteiger partial charge is 0.337 e. The van der Waals surface area contributed by atoms with Gasteiger partial charge in [-0.3, -0.25) is 4.79 Å². The molecule has 0 saturated heterocycles. The molecule has 0 bridgehead atoms. The van der Waals surface area contributed by atoms with E-state index in [0.29, 0.717) is 13.1 Å². The molecule has 1 N–H and O–H groups in total. The molecule has 0 spiro atoms. The van der Waals surface area contributed by atoms with Crippen LogP contribution in [0.1, 0.15) is 23.5 Å². The highest BCUT2D eigenvalue weighted by Crippen LogP contribution is 2.24. The van der Waals surface area contributed by atoms with Gasteiger partial charge in [0.2, 0.25) is 0 Å². The molecule has 3 aromatic rings. The first kappa shape index (κ1) is 18.5. The van der Waals surface area contributed by atoms with E-state index in [0.717, 1.165) is 21.0 Å². The van der Waals surface area contributed by atoms with Crippen LogP contribution in [0.4, 0.5) is 4.39 Å². The van der Waals surface area contributed by atoms with E-state index in [1.165, 1.54) is 16.8 Å². The molecule has 1 unspecified atom stereocenters. The fraction of sp³-hybridized carbons (Fsp3) is 0.300. The summed E-state index contributed by atoms with van der Waals surface area (Å²) in [5.74, 6) is -0.212. The fourth-order valence-corrected chi connectivity index (χ4v) is 3.88. The van der Waals surface area contributed by atoms with Gasteiger partial charge in [-0.2, -0.15) is 0 Å². The summed E-state index contributed by atoms with van der Waals surface area (Å²) in [6.07, 6.45) is 0. The highest BCUT2D eigenvalue weighted by molar-refractivity contribution is 7.18. The molecular formula is C20H23FN3OS+. The van der Waals surface area contributed by atoms with Crippen LogP contribution in [-0.4, -0.2) is 36.4 Å². The van der Waals surface area contributed by atoms with Gasteiger partial charge in [-0.1, -0.05) is 24.3 Å². The summed E-state index contributed by atoms with van der Waals surface area (Å²) >= 11 is 1.68. The van der Waals surface area contributed by atoms with Gasteiger partial charge < -0.3 is 9.80 Å². The molecule has 0 radical (unpaired) electrons. The number of carbonyl (C=O) groups is 1. The van der Waals surface area contributed by atoms with Crippen molar-refractivity contribution >= 4 is 27.5 Å². The van der Waals surface area contributed by atoms with Crippen molar-refractivity contribution in [3.05, 3.63) is 64.9 Å². The molecule has 26 heavy (non-hydrogen) atoms. The third kappa shape index (κ3) is 4.26. The fourth-order valence-electron chi connectivity index (χ4n) is 2.76. The number of hydrogen-bond acceptors (Lipinski definition) is 3. The summed E-state index contributed by atoms with van der Waals surface area (Å²) in [5, 5.41) is 1.04. The lowest BCUT2D eigenvalue weighted by molar-refractivity contribution is -0.902. The topological polar surface area (TPSA) is 37.6 Å². The van der Waals surface area contributed by atoms with E-state index < -0.39 is 0 Å². The number of halogens is 1. The number of aromatic nitrogens is 1. The average molecular weight is 372 g/mol. The summed E-state index contributed by atoms with van der Waals surface area (Å²) in [6, 6.07) is 14.5. The molecule has 2 atom stereocenters. The van der Waals surface area contributed by atoms with Crippen LogP contribution in [0.3, 0.4) is 0 Å². The molecule has 6 heteroatoms. The van der Waals surface area contributed by atoms with Gasteiger partial charge in [0.05, 0.1) is 17.3 Å². The van der Waals surface area contributed by atoms with E-state index in [2.05, 4.69) is 13.0 Å². The average Bonchev–Trinajstić information content (AvgIpc) is 3.06. The zero-order valence-corrected chi connectivity index (χ0v) is 16.0. The smallest absolute Gasteiger partial charge is 0.277 e. The number of para-hydroxylation sites is 1. The Morgan fingerprint density at radius 1 is 1.23 bits per heavy atom. The van der Waals surface area contributed by atoms with Crippen LogP contribution >= 0.6 is 11.3 Å². The van der Waals surface area contributed by atoms with E-state index in [1.807, 2.05) is 25.2 Å². The lowest BCUT2D eigenvalue weighted by Crippen LogP contribution is -3.10. The van der Waals surface area contributed by atoms with Crippen LogP contribution in [-0.2, 0) is 11.3 Å². The number of amides is 1. The summed E-state index contributed by atoms with van der Waals surface area (Å²) in [6.45, 7) is 2.96. The Labute approximate surface area is 156 Å². The van der Waals surface area contributed by atoms with Crippen LogP contribution in [0.25, 0.3) is 10.2 Å². The predicted molar refractivity (Wildman–Crippen MR) is 103 cm³/mol. The highest BCUT2D eigenvalue weighted by Gasteiger charge is 2.23. The Morgan fingerprint density at radius 3 is 2.62 bits per heavy atom. The molecule has 1 amide bonds. The maximum atomic E-state index is 13.0. The second kappa shape index (κ2) is 7.93. The number of fused-ring (bicyclic) bond motifs is 1. The second-order valence-corrected chi connectivity index (χ2v) is 7.70. The van der Waals surface area contributed by atoms with Crippen molar-refractivity contribution in [2.24, 2.45) is 0 Å². The van der Waals surface area contributed by atoms with E-state index in [1.54, 1.807) is 35.4 Å². The molecule has 0 aliphatic carbocycles. The van der Waals surface area contributed by atoms with Crippen LogP contribution < -0.4 is 4.90 Å². The Hall–Kier alpha value is -2.31. The Morgan fingerprint density at radius 2 is 1.92 bits per heavy atom. The number of benzene rings is 2. The number of nitrogens with one attached hydrogen (secondary N) is 1. The number of likely N-dealkylation sites (N-methyl/N-ethyl adjacent to an activating group) is 2. The first-order chi connectivity index (χ1) is 12.4. The molecule has 0 fully saturated rings. The SMILES string of the molecule is C[C@H](c1nc2ccccc2s1)[NH+](C)CC(=O)N(C)Cc1ccc(F)cc1. The summed E-state index contributed by atoms with van der Waals surface area (Å²) < 4.78 is 14.2. The van der Waals surface area contributed by atoms with Crippen molar-refractivity contribution in [3.8, 4) is 0 Å². The standard InChI is InChI=1S/C20H22FN3OS/c1-14(20-22-17-6-4-5-7-18(17)26-20)23(2)13-19(25)24(3)12-15-8-10-16(21)11-9-15/h4-11,14H,12-13H2,1-3H3/p+1/t14-/m1/s1. The van der Waals surface area contributed by atoms with Crippen molar-refractivity contribution in [1.29, 1.82) is 0 Å². The molecular weight excluding hydrogens is 349 g/mol. The highest BCUT2D eigenvalue weighted by atomic mass is 32.1. The van der Waals surface area contributed by atoms with Crippen molar-refractivity contribution in [3.63, 3.8) is 0 Å². The van der Waals surface area contributed by atoms with Gasteiger partial charge in [0.1, 0.15) is 11.9 Å². The normalized spacial score (nSPS) is 13.5. The minimum absolute atomic E-state index is 0.0554. The van der Waals surface area contributed by atoms with Crippen molar-refractivity contribution in [2.45, 2.75) is 19.5 Å². The molecule has 2 aromatic carbocycles. The molecule has 0 saturated carbocycles. The van der Waals surface area contributed by atoms with Gasteiger partial charge in [-0.05, 0) is 36.8 Å². The number of nitrogens with zero attached hydrogens (tertiary/aromatic N) is 2. The second-order valence-electron chi connectivity index (χ2n) is 6.64. The summed E-state index contributed by atoms with van der Waals surface area (Å²) in [4.78, 5) is 20.0. The van der Waals surface area contributed by atoms with Crippen molar-refractivity contribution in [1.82, 2.24) is 9.88 Å². The monoisotopic (exact) mass is 372 g/mol. The van der Waals surface area contributed by atoms with Crippen LogP contribution in [0, 0.1) is 5.82 Å². The van der Waals surface area contributed by atoms with E-state index in [9.17, 15) is 9.18 Å². The van der Waals surface area contributed by atoms with Gasteiger partial charge >= 0.3 is 0 Å². The van der Waals surface area contributed by atoms with Crippen LogP contribution in [0.5, 0.6) is 0 Å². The lowest BCUT2D eigenvalue weighted by Gasteiger charge is -2.23. The molecule has 1 aromatic heterocycles. The van der Waals surface area contributed by atoms with Gasteiger partial charge in [0, 0.05) is 13.6 Å². The maximum absolute atomic E-state index is 13.0. The zero-order chi connectivity index (χ0) is 18.7.